The summed E-state index contributed by atoms with van der Waals surface area (Å²) in [5, 5.41) is 2.91. The van der Waals surface area contributed by atoms with Gasteiger partial charge in [0.05, 0.1) is 26.2 Å². The molecule has 1 saturated heterocycles. The molecular formula is C19H23FN3O+. The fourth-order valence-corrected chi connectivity index (χ4v) is 2.99. The van der Waals surface area contributed by atoms with E-state index in [2.05, 4.69) is 34.5 Å². The molecule has 0 aromatic heterocycles. The van der Waals surface area contributed by atoms with Gasteiger partial charge in [-0.1, -0.05) is 30.3 Å². The molecule has 2 aromatic rings. The van der Waals surface area contributed by atoms with E-state index in [0.29, 0.717) is 13.1 Å². The summed E-state index contributed by atoms with van der Waals surface area (Å²) in [6, 6.07) is 16.6. The number of nitrogens with zero attached hydrogens (tertiary/aromatic N) is 1. The highest BCUT2D eigenvalue weighted by Crippen LogP contribution is 2.12. The summed E-state index contributed by atoms with van der Waals surface area (Å²) in [5.41, 5.74) is 2.16. The van der Waals surface area contributed by atoms with E-state index in [1.54, 1.807) is 12.1 Å². The van der Waals surface area contributed by atoms with Crippen LogP contribution in [0.5, 0.6) is 0 Å². The van der Waals surface area contributed by atoms with Gasteiger partial charge in [-0.2, -0.15) is 0 Å². The molecule has 4 nitrogen and oxygen atoms in total. The first-order chi connectivity index (χ1) is 11.7. The number of rotatable bonds is 5. The second-order valence-corrected chi connectivity index (χ2v) is 6.15. The SMILES string of the molecule is O=C(C[NH+]1CCN(c2ccccc2)CC1)NCc1ccc(F)cc1. The zero-order valence-electron chi connectivity index (χ0n) is 13.7. The molecule has 5 heteroatoms. The van der Waals surface area contributed by atoms with Crippen molar-refractivity contribution in [3.63, 3.8) is 0 Å². The third kappa shape index (κ3) is 4.55. The second-order valence-electron chi connectivity index (χ2n) is 6.15. The molecule has 2 N–H and O–H groups in total. The van der Waals surface area contributed by atoms with Gasteiger partial charge in [-0.3, -0.25) is 4.79 Å². The minimum absolute atomic E-state index is 0.0440. The van der Waals surface area contributed by atoms with Gasteiger partial charge in [-0.15, -0.1) is 0 Å². The number of hydrogen-bond acceptors (Lipinski definition) is 2. The highest BCUT2D eigenvalue weighted by atomic mass is 19.1. The van der Waals surface area contributed by atoms with Crippen LogP contribution in [0.3, 0.4) is 0 Å². The molecule has 0 unspecified atom stereocenters. The van der Waals surface area contributed by atoms with Gasteiger partial charge in [0.15, 0.2) is 6.54 Å². The number of carbonyl (C=O) groups excluding carboxylic acids is 1. The minimum Gasteiger partial charge on any atom is -0.360 e. The standard InChI is InChI=1S/C19H22FN3O/c20-17-8-6-16(7-9-17)14-21-19(24)15-22-10-12-23(13-11-22)18-4-2-1-3-5-18/h1-9H,10-15H2,(H,21,24)/p+1. The number of quaternary nitrogens is 1. The van der Waals surface area contributed by atoms with Crippen molar-refractivity contribution in [2.75, 3.05) is 37.6 Å². The smallest absolute Gasteiger partial charge is 0.275 e. The maximum Gasteiger partial charge on any atom is 0.275 e. The highest BCUT2D eigenvalue weighted by Gasteiger charge is 2.22. The van der Waals surface area contributed by atoms with Crippen LogP contribution in [-0.4, -0.2) is 38.6 Å². The molecule has 0 atom stereocenters. The largest absolute Gasteiger partial charge is 0.360 e. The van der Waals surface area contributed by atoms with Crippen LogP contribution in [0, 0.1) is 5.82 Å². The molecule has 0 spiro atoms. The Labute approximate surface area is 141 Å². The summed E-state index contributed by atoms with van der Waals surface area (Å²) in [6.07, 6.45) is 0. The van der Waals surface area contributed by atoms with Gasteiger partial charge in [-0.25, -0.2) is 4.39 Å². The van der Waals surface area contributed by atoms with Gasteiger partial charge in [0.1, 0.15) is 5.82 Å². The number of carbonyl (C=O) groups is 1. The Morgan fingerprint density at radius 2 is 1.71 bits per heavy atom. The van der Waals surface area contributed by atoms with Crippen molar-refractivity contribution < 1.29 is 14.1 Å². The van der Waals surface area contributed by atoms with E-state index in [9.17, 15) is 9.18 Å². The van der Waals surface area contributed by atoms with E-state index >= 15 is 0 Å². The predicted molar refractivity (Wildman–Crippen MR) is 92.5 cm³/mol. The number of hydrogen-bond donors (Lipinski definition) is 2. The third-order valence-electron chi connectivity index (χ3n) is 4.41. The highest BCUT2D eigenvalue weighted by molar-refractivity contribution is 5.76. The maximum atomic E-state index is 12.9. The lowest BCUT2D eigenvalue weighted by Gasteiger charge is -2.33. The maximum absolute atomic E-state index is 12.9. The molecule has 1 fully saturated rings. The van der Waals surface area contributed by atoms with Crippen molar-refractivity contribution in [3.8, 4) is 0 Å². The van der Waals surface area contributed by atoms with E-state index in [4.69, 9.17) is 0 Å². The van der Waals surface area contributed by atoms with Crippen molar-refractivity contribution in [3.05, 3.63) is 66.0 Å². The molecular weight excluding hydrogens is 305 g/mol. The van der Waals surface area contributed by atoms with Gasteiger partial charge in [0.2, 0.25) is 0 Å². The summed E-state index contributed by atoms with van der Waals surface area (Å²) in [7, 11) is 0. The fraction of sp³-hybridized carbons (Fsp3) is 0.316. The van der Waals surface area contributed by atoms with E-state index < -0.39 is 0 Å². The molecule has 126 valence electrons. The van der Waals surface area contributed by atoms with Gasteiger partial charge in [0.25, 0.3) is 5.91 Å². The van der Waals surface area contributed by atoms with Crippen LogP contribution in [0.2, 0.25) is 0 Å². The number of piperazine rings is 1. The lowest BCUT2D eigenvalue weighted by molar-refractivity contribution is -0.892. The van der Waals surface area contributed by atoms with E-state index in [1.165, 1.54) is 22.7 Å². The molecule has 3 rings (SSSR count). The molecule has 1 aliphatic heterocycles. The average Bonchev–Trinajstić information content (AvgIpc) is 2.63. The predicted octanol–water partition coefficient (Wildman–Crippen LogP) is 0.847. The summed E-state index contributed by atoms with van der Waals surface area (Å²) >= 11 is 0. The minimum atomic E-state index is -0.259. The van der Waals surface area contributed by atoms with Crippen LogP contribution >= 0.6 is 0 Å². The Kier molecular flexibility index (Phi) is 5.43. The van der Waals surface area contributed by atoms with Crippen molar-refractivity contribution in [2.24, 2.45) is 0 Å². The molecule has 1 amide bonds. The van der Waals surface area contributed by atoms with E-state index in [1.807, 2.05) is 6.07 Å². The van der Waals surface area contributed by atoms with Crippen molar-refractivity contribution in [1.29, 1.82) is 0 Å². The molecule has 0 aliphatic carbocycles. The summed E-state index contributed by atoms with van der Waals surface area (Å²) < 4.78 is 12.9. The number of para-hydroxylation sites is 1. The Morgan fingerprint density at radius 3 is 2.38 bits per heavy atom. The zero-order valence-corrected chi connectivity index (χ0v) is 13.7. The summed E-state index contributed by atoms with van der Waals surface area (Å²) in [6.45, 7) is 4.78. The fourth-order valence-electron chi connectivity index (χ4n) is 2.99. The van der Waals surface area contributed by atoms with Crippen molar-refractivity contribution >= 4 is 11.6 Å². The van der Waals surface area contributed by atoms with Gasteiger partial charge >= 0.3 is 0 Å². The third-order valence-corrected chi connectivity index (χ3v) is 4.41. The Balaban J connectivity index is 1.41. The molecule has 1 aliphatic rings. The summed E-state index contributed by atoms with van der Waals surface area (Å²) in [5.74, 6) is -0.215. The molecule has 0 bridgehead atoms. The lowest BCUT2D eigenvalue weighted by atomic mass is 10.2. The quantitative estimate of drug-likeness (QED) is 0.854. The van der Waals surface area contributed by atoms with Gasteiger partial charge < -0.3 is 15.1 Å². The van der Waals surface area contributed by atoms with Crippen LogP contribution in [0.4, 0.5) is 10.1 Å². The Morgan fingerprint density at radius 1 is 1.04 bits per heavy atom. The topological polar surface area (TPSA) is 36.8 Å². The van der Waals surface area contributed by atoms with Crippen LogP contribution in [0.1, 0.15) is 5.56 Å². The number of halogens is 1. The average molecular weight is 328 g/mol. The first kappa shape index (κ1) is 16.5. The van der Waals surface area contributed by atoms with Gasteiger partial charge in [-0.05, 0) is 29.8 Å². The van der Waals surface area contributed by atoms with E-state index in [0.717, 1.165) is 31.7 Å². The second kappa shape index (κ2) is 7.93. The monoisotopic (exact) mass is 328 g/mol. The number of anilines is 1. The first-order valence-corrected chi connectivity index (χ1v) is 8.35. The zero-order chi connectivity index (χ0) is 16.8. The van der Waals surface area contributed by atoms with Crippen LogP contribution in [0.25, 0.3) is 0 Å². The van der Waals surface area contributed by atoms with Crippen molar-refractivity contribution in [2.45, 2.75) is 6.54 Å². The van der Waals surface area contributed by atoms with Crippen LogP contribution in [-0.2, 0) is 11.3 Å². The molecule has 0 saturated carbocycles. The van der Waals surface area contributed by atoms with Crippen LogP contribution in [0.15, 0.2) is 54.6 Å². The Hall–Kier alpha value is -2.40. The Bertz CT molecular complexity index is 652. The molecule has 2 aromatic carbocycles. The first-order valence-electron chi connectivity index (χ1n) is 8.35. The number of nitrogens with one attached hydrogen (secondary N) is 2. The van der Waals surface area contributed by atoms with E-state index in [-0.39, 0.29) is 11.7 Å². The molecule has 0 radical (unpaired) electrons. The van der Waals surface area contributed by atoms with Crippen molar-refractivity contribution in [1.82, 2.24) is 5.32 Å². The molecule has 1 heterocycles. The van der Waals surface area contributed by atoms with Crippen LogP contribution < -0.4 is 15.1 Å². The number of amides is 1. The summed E-state index contributed by atoms with van der Waals surface area (Å²) in [4.78, 5) is 15.7. The van der Waals surface area contributed by atoms with Gasteiger partial charge in [0, 0.05) is 12.2 Å². The molecule has 24 heavy (non-hydrogen) atoms. The number of benzene rings is 2. The normalized spacial score (nSPS) is 15.3. The lowest BCUT2D eigenvalue weighted by Crippen LogP contribution is -3.15.